The Kier molecular flexibility index (Phi) is 7.70. The number of carboxylic acid groups (broad SMARTS) is 1. The average molecular weight is 396 g/mol. The van der Waals surface area contributed by atoms with Crippen molar-refractivity contribution in [2.75, 3.05) is 20.2 Å². The van der Waals surface area contributed by atoms with E-state index in [1.54, 1.807) is 33.0 Å². The number of rotatable bonds is 9. The lowest BCUT2D eigenvalue weighted by Gasteiger charge is -2.20. The molecule has 23 heavy (non-hydrogen) atoms. The van der Waals surface area contributed by atoms with Crippen LogP contribution in [0.1, 0.15) is 19.4 Å². The summed E-state index contributed by atoms with van der Waals surface area (Å²) in [5, 5.41) is 8.93. The van der Waals surface area contributed by atoms with Crippen LogP contribution in [0.5, 0.6) is 11.5 Å². The smallest absolute Gasteiger partial charge is 0.387 e. The molecule has 0 aliphatic carbocycles. The van der Waals surface area contributed by atoms with Gasteiger partial charge in [0, 0.05) is 13.1 Å². The standard InChI is InChI=1S/C15H20BrF2NO4/c1-4-22-12-6-10(5-11(16)13(12)23-15(17)18)8-19(3)7-9(2)14(20)21/h5-6,9,15H,4,7-8H2,1-3H3,(H,20,21). The van der Waals surface area contributed by atoms with Crippen LogP contribution in [-0.4, -0.2) is 42.8 Å². The van der Waals surface area contributed by atoms with E-state index in [9.17, 15) is 13.6 Å². The summed E-state index contributed by atoms with van der Waals surface area (Å²) >= 11 is 3.21. The molecule has 5 nitrogen and oxygen atoms in total. The second kappa shape index (κ2) is 9.02. The third-order valence-electron chi connectivity index (χ3n) is 3.04. The van der Waals surface area contributed by atoms with E-state index in [1.807, 2.05) is 4.90 Å². The van der Waals surface area contributed by atoms with Gasteiger partial charge < -0.3 is 19.5 Å². The molecule has 1 atom stereocenters. The molecule has 1 aromatic rings. The molecule has 0 heterocycles. The Morgan fingerprint density at radius 2 is 2.09 bits per heavy atom. The van der Waals surface area contributed by atoms with Gasteiger partial charge in [-0.25, -0.2) is 0 Å². The fourth-order valence-electron chi connectivity index (χ4n) is 2.10. The summed E-state index contributed by atoms with van der Waals surface area (Å²) in [5.41, 5.74) is 0.794. The molecule has 0 saturated carbocycles. The summed E-state index contributed by atoms with van der Waals surface area (Å²) in [7, 11) is 1.79. The van der Waals surface area contributed by atoms with Crippen molar-refractivity contribution in [1.82, 2.24) is 4.90 Å². The minimum absolute atomic E-state index is 0.0489. The van der Waals surface area contributed by atoms with Crippen LogP contribution in [-0.2, 0) is 11.3 Å². The first-order valence-electron chi connectivity index (χ1n) is 7.06. The van der Waals surface area contributed by atoms with E-state index in [-0.39, 0.29) is 11.5 Å². The van der Waals surface area contributed by atoms with Crippen molar-refractivity contribution >= 4 is 21.9 Å². The summed E-state index contributed by atoms with van der Waals surface area (Å²) in [5.74, 6) is -1.20. The molecule has 0 radical (unpaired) electrons. The molecule has 8 heteroatoms. The van der Waals surface area contributed by atoms with Gasteiger partial charge in [0.1, 0.15) is 0 Å². The maximum atomic E-state index is 12.5. The number of hydrogen-bond donors (Lipinski definition) is 1. The van der Waals surface area contributed by atoms with Gasteiger partial charge >= 0.3 is 12.6 Å². The highest BCUT2D eigenvalue weighted by atomic mass is 79.9. The predicted octanol–water partition coefficient (Wildman–Crippen LogP) is 3.60. The Morgan fingerprint density at radius 1 is 1.43 bits per heavy atom. The van der Waals surface area contributed by atoms with Crippen LogP contribution in [0, 0.1) is 5.92 Å². The van der Waals surface area contributed by atoms with Crippen LogP contribution in [0.4, 0.5) is 8.78 Å². The first-order valence-corrected chi connectivity index (χ1v) is 7.85. The largest absolute Gasteiger partial charge is 0.490 e. The second-order valence-electron chi connectivity index (χ2n) is 5.15. The molecule has 1 N–H and O–H groups in total. The zero-order valence-electron chi connectivity index (χ0n) is 13.2. The Bertz CT molecular complexity index is 542. The number of carbonyl (C=O) groups is 1. The van der Waals surface area contributed by atoms with Crippen molar-refractivity contribution in [3.05, 3.63) is 22.2 Å². The Morgan fingerprint density at radius 3 is 2.61 bits per heavy atom. The molecule has 0 amide bonds. The van der Waals surface area contributed by atoms with E-state index in [1.165, 1.54) is 0 Å². The Balaban J connectivity index is 2.93. The van der Waals surface area contributed by atoms with Crippen LogP contribution in [0.2, 0.25) is 0 Å². The summed E-state index contributed by atoms with van der Waals surface area (Å²) in [6.45, 7) is 1.54. The number of ether oxygens (including phenoxy) is 2. The minimum atomic E-state index is -2.95. The predicted molar refractivity (Wildman–Crippen MR) is 85.1 cm³/mol. The van der Waals surface area contributed by atoms with Crippen LogP contribution in [0.25, 0.3) is 0 Å². The Hall–Kier alpha value is -1.41. The van der Waals surface area contributed by atoms with Crippen LogP contribution in [0.15, 0.2) is 16.6 Å². The SMILES string of the molecule is CCOc1cc(CN(C)CC(C)C(=O)O)cc(Br)c1OC(F)F. The molecule has 0 saturated heterocycles. The number of nitrogens with zero attached hydrogens (tertiary/aromatic N) is 1. The van der Waals surface area contributed by atoms with Crippen molar-refractivity contribution in [2.45, 2.75) is 27.0 Å². The molecule has 1 aromatic carbocycles. The maximum absolute atomic E-state index is 12.5. The first kappa shape index (κ1) is 19.6. The van der Waals surface area contributed by atoms with Crippen molar-refractivity contribution in [3.63, 3.8) is 0 Å². The second-order valence-corrected chi connectivity index (χ2v) is 6.01. The lowest BCUT2D eigenvalue weighted by atomic mass is 10.1. The number of halogens is 3. The van der Waals surface area contributed by atoms with Gasteiger partial charge in [0.2, 0.25) is 0 Å². The van der Waals surface area contributed by atoms with Crippen molar-refractivity contribution in [2.24, 2.45) is 5.92 Å². The summed E-state index contributed by atoms with van der Waals surface area (Å²) < 4.78 is 35.2. The fraction of sp³-hybridized carbons (Fsp3) is 0.533. The van der Waals surface area contributed by atoms with Crippen molar-refractivity contribution < 1.29 is 28.2 Å². The third-order valence-corrected chi connectivity index (χ3v) is 3.62. The molecule has 0 aromatic heterocycles. The Labute approximate surface area is 142 Å². The molecule has 0 fully saturated rings. The van der Waals surface area contributed by atoms with Gasteiger partial charge in [-0.05, 0) is 47.6 Å². The topological polar surface area (TPSA) is 59.0 Å². The summed E-state index contributed by atoms with van der Waals surface area (Å²) in [6.07, 6.45) is 0. The molecule has 130 valence electrons. The molecule has 0 spiro atoms. The summed E-state index contributed by atoms with van der Waals surface area (Å²) in [4.78, 5) is 12.7. The fourth-order valence-corrected chi connectivity index (χ4v) is 2.68. The molecule has 1 unspecified atom stereocenters. The van der Waals surface area contributed by atoms with E-state index in [4.69, 9.17) is 9.84 Å². The van der Waals surface area contributed by atoms with E-state index in [0.717, 1.165) is 5.56 Å². The number of carboxylic acids is 1. The number of aliphatic carboxylic acids is 1. The number of hydrogen-bond acceptors (Lipinski definition) is 4. The molecule has 1 rings (SSSR count). The highest BCUT2D eigenvalue weighted by molar-refractivity contribution is 9.10. The van der Waals surface area contributed by atoms with Crippen molar-refractivity contribution in [1.29, 1.82) is 0 Å². The van der Waals surface area contributed by atoms with Gasteiger partial charge in [-0.3, -0.25) is 4.79 Å². The van der Waals surface area contributed by atoms with E-state index in [0.29, 0.717) is 24.2 Å². The maximum Gasteiger partial charge on any atom is 0.387 e. The third kappa shape index (κ3) is 6.31. The summed E-state index contributed by atoms with van der Waals surface area (Å²) in [6, 6.07) is 3.27. The molecule has 0 aliphatic heterocycles. The molecule has 0 bridgehead atoms. The van der Waals surface area contributed by atoms with Crippen LogP contribution in [0.3, 0.4) is 0 Å². The van der Waals surface area contributed by atoms with E-state index >= 15 is 0 Å². The van der Waals surface area contributed by atoms with Gasteiger partial charge in [-0.2, -0.15) is 8.78 Å². The van der Waals surface area contributed by atoms with Gasteiger partial charge in [0.25, 0.3) is 0 Å². The zero-order chi connectivity index (χ0) is 17.6. The molecular formula is C15H20BrF2NO4. The van der Waals surface area contributed by atoms with E-state index < -0.39 is 18.5 Å². The van der Waals surface area contributed by atoms with E-state index in [2.05, 4.69) is 20.7 Å². The normalized spacial score (nSPS) is 12.5. The zero-order valence-corrected chi connectivity index (χ0v) is 14.8. The first-order chi connectivity index (χ1) is 10.7. The quantitative estimate of drug-likeness (QED) is 0.691. The highest BCUT2D eigenvalue weighted by Crippen LogP contribution is 2.38. The van der Waals surface area contributed by atoms with Crippen LogP contribution < -0.4 is 9.47 Å². The average Bonchev–Trinajstić information content (AvgIpc) is 2.42. The van der Waals surface area contributed by atoms with Gasteiger partial charge in [-0.15, -0.1) is 0 Å². The van der Waals surface area contributed by atoms with Gasteiger partial charge in [-0.1, -0.05) is 6.92 Å². The minimum Gasteiger partial charge on any atom is -0.490 e. The monoisotopic (exact) mass is 395 g/mol. The number of alkyl halides is 2. The van der Waals surface area contributed by atoms with Crippen molar-refractivity contribution in [3.8, 4) is 11.5 Å². The van der Waals surface area contributed by atoms with Crippen LogP contribution >= 0.6 is 15.9 Å². The molecular weight excluding hydrogens is 376 g/mol. The highest BCUT2D eigenvalue weighted by Gasteiger charge is 2.18. The lowest BCUT2D eigenvalue weighted by molar-refractivity contribution is -0.141. The number of benzene rings is 1. The van der Waals surface area contributed by atoms with Gasteiger partial charge in [0.15, 0.2) is 11.5 Å². The van der Waals surface area contributed by atoms with Gasteiger partial charge in [0.05, 0.1) is 17.0 Å². The lowest BCUT2D eigenvalue weighted by Crippen LogP contribution is -2.28. The molecule has 0 aliphatic rings.